The lowest BCUT2D eigenvalue weighted by molar-refractivity contribution is -0.157. The molecule has 1 heterocycles. The summed E-state index contributed by atoms with van der Waals surface area (Å²) in [6.45, 7) is 4.80. The first-order chi connectivity index (χ1) is 7.68. The summed E-state index contributed by atoms with van der Waals surface area (Å²) in [4.78, 5) is 11.8. The van der Waals surface area contributed by atoms with Crippen molar-refractivity contribution < 1.29 is 19.0 Å². The van der Waals surface area contributed by atoms with Gasteiger partial charge in [0, 0.05) is 6.42 Å². The van der Waals surface area contributed by atoms with Gasteiger partial charge in [-0.15, -0.1) is 0 Å². The Bertz CT molecular complexity index is 280. The summed E-state index contributed by atoms with van der Waals surface area (Å²) >= 11 is 0. The second-order valence-corrected chi connectivity index (χ2v) is 3.64. The van der Waals surface area contributed by atoms with Crippen LogP contribution < -0.4 is 0 Å². The van der Waals surface area contributed by atoms with Gasteiger partial charge in [0.05, 0.1) is 25.9 Å². The fourth-order valence-corrected chi connectivity index (χ4v) is 1.62. The number of hydrogen-bond acceptors (Lipinski definition) is 5. The van der Waals surface area contributed by atoms with E-state index in [-0.39, 0.29) is 13.0 Å². The third kappa shape index (κ3) is 2.71. The topological polar surface area (TPSA) is 68.6 Å². The van der Waals surface area contributed by atoms with Gasteiger partial charge in [0.2, 0.25) is 0 Å². The number of nitriles is 1. The molecule has 1 aliphatic rings. The molecule has 0 aromatic carbocycles. The van der Waals surface area contributed by atoms with Crippen molar-refractivity contribution in [3.05, 3.63) is 0 Å². The van der Waals surface area contributed by atoms with Crippen molar-refractivity contribution in [2.45, 2.75) is 33.0 Å². The van der Waals surface area contributed by atoms with Gasteiger partial charge >= 0.3 is 5.97 Å². The highest BCUT2D eigenvalue weighted by Crippen LogP contribution is 2.31. The summed E-state index contributed by atoms with van der Waals surface area (Å²) in [5.74, 6) is -0.487. The van der Waals surface area contributed by atoms with Crippen LogP contribution in [-0.4, -0.2) is 32.1 Å². The molecule has 0 amide bonds. The molecule has 0 saturated carbocycles. The van der Waals surface area contributed by atoms with Crippen LogP contribution in [0.25, 0.3) is 0 Å². The highest BCUT2D eigenvalue weighted by Gasteiger charge is 2.42. The summed E-state index contributed by atoms with van der Waals surface area (Å²) < 4.78 is 15.4. The van der Waals surface area contributed by atoms with E-state index in [1.54, 1.807) is 13.8 Å². The number of carbonyl (C=O) groups excluding carboxylic acids is 1. The van der Waals surface area contributed by atoms with Crippen LogP contribution in [0.2, 0.25) is 0 Å². The average Bonchev–Trinajstić information content (AvgIpc) is 2.79. The van der Waals surface area contributed by atoms with E-state index < -0.39 is 17.7 Å². The zero-order valence-electron chi connectivity index (χ0n) is 9.69. The maximum Gasteiger partial charge on any atom is 0.326 e. The largest absolute Gasteiger partial charge is 0.465 e. The highest BCUT2D eigenvalue weighted by atomic mass is 16.7. The molecular formula is C11H17NO4. The summed E-state index contributed by atoms with van der Waals surface area (Å²) in [6.07, 6.45) is 0.161. The minimum atomic E-state index is -1.15. The molecule has 1 unspecified atom stereocenters. The smallest absolute Gasteiger partial charge is 0.326 e. The first kappa shape index (κ1) is 12.9. The minimum Gasteiger partial charge on any atom is -0.465 e. The Morgan fingerprint density at radius 1 is 1.50 bits per heavy atom. The van der Waals surface area contributed by atoms with Gasteiger partial charge in [0.25, 0.3) is 0 Å². The van der Waals surface area contributed by atoms with Crippen molar-refractivity contribution >= 4 is 5.97 Å². The molecule has 1 atom stereocenters. The van der Waals surface area contributed by atoms with Gasteiger partial charge in [-0.1, -0.05) is 6.92 Å². The van der Waals surface area contributed by atoms with Gasteiger partial charge in [-0.2, -0.15) is 5.26 Å². The second-order valence-electron chi connectivity index (χ2n) is 3.64. The Balaban J connectivity index is 2.70. The van der Waals surface area contributed by atoms with Crippen molar-refractivity contribution in [2.24, 2.45) is 5.41 Å². The number of ether oxygens (including phenoxy) is 3. The summed E-state index contributed by atoms with van der Waals surface area (Å²) in [5, 5.41) is 9.17. The lowest BCUT2D eigenvalue weighted by atomic mass is 9.83. The Kier molecular flexibility index (Phi) is 4.71. The van der Waals surface area contributed by atoms with E-state index in [1.807, 2.05) is 6.07 Å². The molecule has 5 nitrogen and oxygen atoms in total. The van der Waals surface area contributed by atoms with Crippen molar-refractivity contribution in [1.29, 1.82) is 5.26 Å². The number of hydrogen-bond donors (Lipinski definition) is 0. The SMILES string of the molecule is CCOC(=O)C(C#N)(CC)CC1OCCO1. The quantitative estimate of drug-likeness (QED) is 0.661. The summed E-state index contributed by atoms with van der Waals surface area (Å²) in [5.41, 5.74) is -1.15. The van der Waals surface area contributed by atoms with E-state index in [9.17, 15) is 10.1 Å². The van der Waals surface area contributed by atoms with Crippen LogP contribution in [0.15, 0.2) is 0 Å². The predicted octanol–water partition coefficient (Wildman–Crippen LogP) is 1.23. The third-order valence-electron chi connectivity index (χ3n) is 2.69. The molecule has 1 saturated heterocycles. The van der Waals surface area contributed by atoms with Crippen LogP contribution in [0, 0.1) is 16.7 Å². The number of rotatable bonds is 5. The fraction of sp³-hybridized carbons (Fsp3) is 0.818. The minimum absolute atomic E-state index is 0.235. The van der Waals surface area contributed by atoms with Crippen LogP contribution in [0.5, 0.6) is 0 Å². The van der Waals surface area contributed by atoms with Gasteiger partial charge in [-0.05, 0) is 13.3 Å². The predicted molar refractivity (Wildman–Crippen MR) is 55.3 cm³/mol. The van der Waals surface area contributed by atoms with E-state index in [0.717, 1.165) is 0 Å². The second kappa shape index (κ2) is 5.83. The maximum absolute atomic E-state index is 11.8. The molecule has 0 aromatic rings. The lowest BCUT2D eigenvalue weighted by Crippen LogP contribution is -2.35. The molecule has 0 aromatic heterocycles. The monoisotopic (exact) mass is 227 g/mol. The Labute approximate surface area is 95.3 Å². The van der Waals surface area contributed by atoms with E-state index in [4.69, 9.17) is 14.2 Å². The van der Waals surface area contributed by atoms with Gasteiger partial charge in [0.15, 0.2) is 11.7 Å². The summed E-state index contributed by atoms with van der Waals surface area (Å²) in [7, 11) is 0. The molecule has 16 heavy (non-hydrogen) atoms. The van der Waals surface area contributed by atoms with Gasteiger partial charge in [-0.3, -0.25) is 4.79 Å². The first-order valence-corrected chi connectivity index (χ1v) is 5.50. The van der Waals surface area contributed by atoms with Gasteiger partial charge < -0.3 is 14.2 Å². The highest BCUT2D eigenvalue weighted by molar-refractivity contribution is 5.80. The van der Waals surface area contributed by atoms with E-state index in [2.05, 4.69) is 0 Å². The summed E-state index contributed by atoms with van der Waals surface area (Å²) in [6, 6.07) is 2.04. The van der Waals surface area contributed by atoms with Crippen LogP contribution in [0.4, 0.5) is 0 Å². The molecule has 0 bridgehead atoms. The van der Waals surface area contributed by atoms with E-state index >= 15 is 0 Å². The van der Waals surface area contributed by atoms with Crippen LogP contribution in [0.3, 0.4) is 0 Å². The van der Waals surface area contributed by atoms with E-state index in [0.29, 0.717) is 19.6 Å². The number of carbonyl (C=O) groups is 1. The van der Waals surface area contributed by atoms with Crippen molar-refractivity contribution in [2.75, 3.05) is 19.8 Å². The Morgan fingerprint density at radius 2 is 2.12 bits per heavy atom. The van der Waals surface area contributed by atoms with Gasteiger partial charge in [-0.25, -0.2) is 0 Å². The Hall–Kier alpha value is -1.12. The maximum atomic E-state index is 11.8. The zero-order valence-corrected chi connectivity index (χ0v) is 9.69. The average molecular weight is 227 g/mol. The van der Waals surface area contributed by atoms with Crippen LogP contribution in [-0.2, 0) is 19.0 Å². The normalized spacial score (nSPS) is 20.1. The molecule has 0 N–H and O–H groups in total. The van der Waals surface area contributed by atoms with Gasteiger partial charge in [0.1, 0.15) is 0 Å². The van der Waals surface area contributed by atoms with Crippen molar-refractivity contribution in [3.63, 3.8) is 0 Å². The van der Waals surface area contributed by atoms with Crippen LogP contribution in [0.1, 0.15) is 26.7 Å². The molecule has 0 radical (unpaired) electrons. The number of nitrogens with zero attached hydrogens (tertiary/aromatic N) is 1. The lowest BCUT2D eigenvalue weighted by Gasteiger charge is -2.24. The molecule has 5 heteroatoms. The fourth-order valence-electron chi connectivity index (χ4n) is 1.62. The molecule has 0 aliphatic carbocycles. The molecule has 90 valence electrons. The zero-order chi connectivity index (χ0) is 12.0. The molecule has 1 fully saturated rings. The molecule has 0 spiro atoms. The molecule has 1 aliphatic heterocycles. The molecular weight excluding hydrogens is 210 g/mol. The van der Waals surface area contributed by atoms with Crippen molar-refractivity contribution in [3.8, 4) is 6.07 Å². The first-order valence-electron chi connectivity index (χ1n) is 5.50. The Morgan fingerprint density at radius 3 is 2.56 bits per heavy atom. The third-order valence-corrected chi connectivity index (χ3v) is 2.69. The molecule has 1 rings (SSSR count). The number of esters is 1. The van der Waals surface area contributed by atoms with Crippen LogP contribution >= 0.6 is 0 Å². The van der Waals surface area contributed by atoms with E-state index in [1.165, 1.54) is 0 Å². The van der Waals surface area contributed by atoms with Crippen molar-refractivity contribution in [1.82, 2.24) is 0 Å². The standard InChI is InChI=1S/C11H17NO4/c1-3-11(8-12,10(13)14-4-2)7-9-15-5-6-16-9/h9H,3-7H2,1-2H3.